The lowest BCUT2D eigenvalue weighted by Gasteiger charge is -2.15. The highest BCUT2D eigenvalue weighted by molar-refractivity contribution is 5.86. The summed E-state index contributed by atoms with van der Waals surface area (Å²) in [4.78, 5) is 11.7. The Kier molecular flexibility index (Phi) is 7.80. The van der Waals surface area contributed by atoms with Crippen LogP contribution in [0.15, 0.2) is 78.9 Å². The fraction of sp³-hybridized carbons (Fsp3) is 0.250. The van der Waals surface area contributed by atoms with Crippen LogP contribution >= 0.6 is 0 Å². The first-order valence-electron chi connectivity index (χ1n) is 10.8. The average molecular weight is 415 g/mol. The Balaban J connectivity index is 1.91. The number of benzene rings is 3. The summed E-state index contributed by atoms with van der Waals surface area (Å²) in [5.74, 6) is -0.371. The summed E-state index contributed by atoms with van der Waals surface area (Å²) in [6.07, 6.45) is 2.11. The van der Waals surface area contributed by atoms with Gasteiger partial charge in [-0.1, -0.05) is 80.2 Å². The summed E-state index contributed by atoms with van der Waals surface area (Å²) in [5, 5.41) is 9.44. The van der Waals surface area contributed by atoms with E-state index in [1.54, 1.807) is 6.92 Å². The highest BCUT2D eigenvalue weighted by atomic mass is 16.5. The monoisotopic (exact) mass is 414 g/mol. The predicted octanol–water partition coefficient (Wildman–Crippen LogP) is 5.78. The fourth-order valence-corrected chi connectivity index (χ4v) is 3.75. The number of aliphatic hydroxyl groups excluding tert-OH is 1. The summed E-state index contributed by atoms with van der Waals surface area (Å²) in [6, 6.07) is 23.4. The van der Waals surface area contributed by atoms with E-state index in [1.807, 2.05) is 6.07 Å². The summed E-state index contributed by atoms with van der Waals surface area (Å²) < 4.78 is 5.29. The molecule has 1 N–H and O–H groups in total. The normalized spacial score (nSPS) is 10.7. The molecule has 0 atom stereocenters. The maximum absolute atomic E-state index is 11.7. The third kappa shape index (κ3) is 5.71. The van der Waals surface area contributed by atoms with Crippen molar-refractivity contribution in [3.63, 3.8) is 0 Å². The Morgan fingerprint density at radius 3 is 2.26 bits per heavy atom. The Labute approximate surface area is 185 Å². The van der Waals surface area contributed by atoms with Gasteiger partial charge in [0.15, 0.2) is 0 Å². The number of hydrogen-bond acceptors (Lipinski definition) is 3. The first-order valence-corrected chi connectivity index (χ1v) is 10.8. The zero-order chi connectivity index (χ0) is 22.2. The topological polar surface area (TPSA) is 46.5 Å². The van der Waals surface area contributed by atoms with Gasteiger partial charge in [0.2, 0.25) is 0 Å². The molecule has 160 valence electrons. The minimum absolute atomic E-state index is 0.0872. The number of carbonyl (C=O) groups excluding carboxylic acids is 1. The largest absolute Gasteiger partial charge is 0.462 e. The lowest BCUT2D eigenvalue weighted by atomic mass is 9.91. The van der Waals surface area contributed by atoms with Crippen molar-refractivity contribution in [2.75, 3.05) is 13.2 Å². The molecule has 3 heteroatoms. The van der Waals surface area contributed by atoms with Crippen LogP contribution < -0.4 is 0 Å². The lowest BCUT2D eigenvalue weighted by molar-refractivity contribution is -0.138. The number of rotatable bonds is 9. The van der Waals surface area contributed by atoms with Gasteiger partial charge in [0.05, 0.1) is 6.61 Å². The van der Waals surface area contributed by atoms with Crippen LogP contribution in [0.4, 0.5) is 0 Å². The molecule has 0 bridgehead atoms. The minimum Gasteiger partial charge on any atom is -0.462 e. The second-order valence-electron chi connectivity index (χ2n) is 7.71. The molecule has 0 spiro atoms. The van der Waals surface area contributed by atoms with E-state index in [2.05, 4.69) is 74.2 Å². The second-order valence-corrected chi connectivity index (χ2v) is 7.71. The number of carbonyl (C=O) groups is 1. The first-order chi connectivity index (χ1) is 15.0. The number of aryl methyl sites for hydroxylation is 1. The summed E-state index contributed by atoms with van der Waals surface area (Å²) in [5.41, 5.74) is 8.63. The summed E-state index contributed by atoms with van der Waals surface area (Å²) >= 11 is 0. The molecule has 3 nitrogen and oxygen atoms in total. The molecule has 0 fully saturated rings. The van der Waals surface area contributed by atoms with Crippen LogP contribution in [-0.4, -0.2) is 24.3 Å². The molecule has 0 aliphatic rings. The molecule has 3 aromatic carbocycles. The zero-order valence-electron chi connectivity index (χ0n) is 18.4. The smallest absolute Gasteiger partial charge is 0.333 e. The van der Waals surface area contributed by atoms with Crippen LogP contribution in [0.2, 0.25) is 0 Å². The molecule has 0 aliphatic carbocycles. The van der Waals surface area contributed by atoms with Gasteiger partial charge in [-0.25, -0.2) is 4.79 Å². The van der Waals surface area contributed by atoms with Crippen LogP contribution in [0.1, 0.15) is 30.5 Å². The molecule has 0 unspecified atom stereocenters. The van der Waals surface area contributed by atoms with Crippen LogP contribution in [0, 0.1) is 0 Å². The van der Waals surface area contributed by atoms with Crippen molar-refractivity contribution in [2.45, 2.75) is 33.1 Å². The predicted molar refractivity (Wildman–Crippen MR) is 127 cm³/mol. The van der Waals surface area contributed by atoms with Crippen molar-refractivity contribution >= 4 is 5.97 Å². The van der Waals surface area contributed by atoms with Gasteiger partial charge in [-0.15, -0.1) is 0 Å². The number of esters is 1. The molecule has 0 radical (unpaired) electrons. The average Bonchev–Trinajstić information content (AvgIpc) is 2.80. The fourth-order valence-electron chi connectivity index (χ4n) is 3.75. The van der Waals surface area contributed by atoms with E-state index in [4.69, 9.17) is 4.74 Å². The third-order valence-electron chi connectivity index (χ3n) is 5.44. The van der Waals surface area contributed by atoms with Crippen LogP contribution in [0.5, 0.6) is 0 Å². The van der Waals surface area contributed by atoms with Crippen molar-refractivity contribution in [2.24, 2.45) is 0 Å². The lowest BCUT2D eigenvalue weighted by Crippen LogP contribution is -2.09. The van der Waals surface area contributed by atoms with E-state index in [0.717, 1.165) is 23.1 Å². The van der Waals surface area contributed by atoms with Crippen molar-refractivity contribution in [1.82, 2.24) is 0 Å². The van der Waals surface area contributed by atoms with E-state index >= 15 is 0 Å². The van der Waals surface area contributed by atoms with Gasteiger partial charge in [0.1, 0.15) is 0 Å². The Morgan fingerprint density at radius 2 is 1.58 bits per heavy atom. The molecule has 3 aromatic rings. The van der Waals surface area contributed by atoms with E-state index < -0.39 is 0 Å². The first kappa shape index (κ1) is 22.5. The van der Waals surface area contributed by atoms with E-state index in [0.29, 0.717) is 25.0 Å². The van der Waals surface area contributed by atoms with Gasteiger partial charge < -0.3 is 9.84 Å². The van der Waals surface area contributed by atoms with Crippen molar-refractivity contribution in [3.05, 3.63) is 95.6 Å². The van der Waals surface area contributed by atoms with Gasteiger partial charge in [-0.05, 0) is 58.7 Å². The maximum atomic E-state index is 11.7. The highest BCUT2D eigenvalue weighted by Crippen LogP contribution is 2.31. The standard InChI is InChI=1S/C28H30O3/c1-4-21-18-24(22-8-6-5-7-9-22)12-13-27(21)26-11-10-23(14-16-29)25(19-26)15-17-31-28(30)20(2)3/h5-13,18-19,29H,2,4,14-17H2,1,3H3. The molecule has 0 amide bonds. The second kappa shape index (κ2) is 10.7. The van der Waals surface area contributed by atoms with Gasteiger partial charge in [-0.3, -0.25) is 0 Å². The van der Waals surface area contributed by atoms with Gasteiger partial charge >= 0.3 is 5.97 Å². The van der Waals surface area contributed by atoms with Crippen LogP contribution in [0.25, 0.3) is 22.3 Å². The highest BCUT2D eigenvalue weighted by Gasteiger charge is 2.11. The maximum Gasteiger partial charge on any atom is 0.333 e. The summed E-state index contributed by atoms with van der Waals surface area (Å²) in [7, 11) is 0. The van der Waals surface area contributed by atoms with Crippen LogP contribution in [0.3, 0.4) is 0 Å². The van der Waals surface area contributed by atoms with E-state index in [1.165, 1.54) is 22.3 Å². The molecular weight excluding hydrogens is 384 g/mol. The molecule has 31 heavy (non-hydrogen) atoms. The number of hydrogen-bond donors (Lipinski definition) is 1. The third-order valence-corrected chi connectivity index (χ3v) is 5.44. The Morgan fingerprint density at radius 1 is 0.871 bits per heavy atom. The van der Waals surface area contributed by atoms with Gasteiger partial charge in [0.25, 0.3) is 0 Å². The van der Waals surface area contributed by atoms with Crippen molar-refractivity contribution in [3.8, 4) is 22.3 Å². The number of aliphatic hydroxyl groups is 1. The molecule has 0 aromatic heterocycles. The van der Waals surface area contributed by atoms with Gasteiger partial charge in [-0.2, -0.15) is 0 Å². The van der Waals surface area contributed by atoms with E-state index in [-0.39, 0.29) is 12.6 Å². The SMILES string of the molecule is C=C(C)C(=O)OCCc1cc(-c2ccc(-c3ccccc3)cc2CC)ccc1CCO. The Bertz CT molecular complexity index is 1050. The molecule has 0 saturated carbocycles. The van der Waals surface area contributed by atoms with Crippen LogP contribution in [-0.2, 0) is 28.8 Å². The summed E-state index contributed by atoms with van der Waals surface area (Å²) in [6.45, 7) is 7.82. The molecule has 0 saturated heterocycles. The van der Waals surface area contributed by atoms with Gasteiger partial charge in [0, 0.05) is 18.6 Å². The van der Waals surface area contributed by atoms with Crippen molar-refractivity contribution in [1.29, 1.82) is 0 Å². The molecule has 0 aliphatic heterocycles. The zero-order valence-corrected chi connectivity index (χ0v) is 18.4. The van der Waals surface area contributed by atoms with Crippen molar-refractivity contribution < 1.29 is 14.6 Å². The van der Waals surface area contributed by atoms with E-state index in [9.17, 15) is 9.90 Å². The molecule has 0 heterocycles. The Hall–Kier alpha value is -3.17. The minimum atomic E-state index is -0.371. The number of ether oxygens (including phenoxy) is 1. The molecular formula is C28H30O3. The quantitative estimate of drug-likeness (QED) is 0.357. The molecule has 3 rings (SSSR count).